The van der Waals surface area contributed by atoms with Crippen LogP contribution in [0.3, 0.4) is 0 Å². The molecule has 0 aliphatic heterocycles. The van der Waals surface area contributed by atoms with Crippen LogP contribution in [0.1, 0.15) is 37.3 Å². The maximum atomic E-state index is 10.5. The summed E-state index contributed by atoms with van der Waals surface area (Å²) in [5.74, 6) is -3.40. The molecule has 0 spiro atoms. The predicted octanol–water partition coefficient (Wildman–Crippen LogP) is 3.07. The number of carboxylic acids is 2. The highest BCUT2D eigenvalue weighted by molar-refractivity contribution is 6.27. The van der Waals surface area contributed by atoms with E-state index in [1.807, 2.05) is 12.1 Å². The maximum Gasteiger partial charge on any atom is 0.414 e. The van der Waals surface area contributed by atoms with Crippen molar-refractivity contribution < 1.29 is 24.9 Å². The molecule has 2 aromatic rings. The molecule has 0 radical (unpaired) electrons. The number of carboxylic acid groups (broad SMARTS) is 2. The molecule has 0 amide bonds. The summed E-state index contributed by atoms with van der Waals surface area (Å²) in [5, 5.41) is 25.3. The molecule has 3 N–H and O–H groups in total. The van der Waals surface area contributed by atoms with Crippen LogP contribution in [-0.2, 0) is 9.59 Å². The molecule has 0 aromatic heterocycles. The van der Waals surface area contributed by atoms with E-state index >= 15 is 0 Å². The number of aliphatic carboxylic acids is 2. The zero-order chi connectivity index (χ0) is 20.9. The summed E-state index contributed by atoms with van der Waals surface area (Å²) in [6.07, 6.45) is 0.440. The van der Waals surface area contributed by atoms with E-state index in [9.17, 15) is 5.11 Å². The minimum atomic E-state index is -1.82. The first-order valence-corrected chi connectivity index (χ1v) is 9.35. The number of aliphatic hydroxyl groups is 1. The van der Waals surface area contributed by atoms with Crippen molar-refractivity contribution in [1.82, 2.24) is 4.90 Å². The lowest BCUT2D eigenvalue weighted by Gasteiger charge is -2.26. The molecule has 28 heavy (non-hydrogen) atoms. The van der Waals surface area contributed by atoms with Crippen molar-refractivity contribution >= 4 is 11.9 Å². The Morgan fingerprint density at radius 2 is 1.21 bits per heavy atom. The third-order valence-corrected chi connectivity index (χ3v) is 4.46. The van der Waals surface area contributed by atoms with Gasteiger partial charge in [0.25, 0.3) is 0 Å². The van der Waals surface area contributed by atoms with Gasteiger partial charge in [0.15, 0.2) is 0 Å². The molecule has 2 rings (SSSR count). The number of aliphatic hydroxyl groups excluding tert-OH is 1. The average molecular weight is 387 g/mol. The van der Waals surface area contributed by atoms with Gasteiger partial charge in [-0.05, 0) is 30.6 Å². The molecular formula is C22H29NO5. The van der Waals surface area contributed by atoms with Crippen LogP contribution in [0.15, 0.2) is 60.7 Å². The molecule has 6 heteroatoms. The van der Waals surface area contributed by atoms with E-state index < -0.39 is 11.9 Å². The van der Waals surface area contributed by atoms with E-state index in [1.165, 1.54) is 11.1 Å². The van der Waals surface area contributed by atoms with Crippen LogP contribution in [0, 0.1) is 0 Å². The largest absolute Gasteiger partial charge is 0.473 e. The molecule has 0 fully saturated rings. The first kappa shape index (κ1) is 23.3. The Morgan fingerprint density at radius 3 is 1.54 bits per heavy atom. The number of likely N-dealkylation sites (N-methyl/N-ethyl adjacent to an activating group) is 1. The Morgan fingerprint density at radius 1 is 0.821 bits per heavy atom. The highest BCUT2D eigenvalue weighted by atomic mass is 16.4. The smallest absolute Gasteiger partial charge is 0.414 e. The van der Waals surface area contributed by atoms with Gasteiger partial charge < -0.3 is 20.2 Å². The second-order valence-corrected chi connectivity index (χ2v) is 6.36. The average Bonchev–Trinajstić information content (AvgIpc) is 2.72. The van der Waals surface area contributed by atoms with Gasteiger partial charge in [0.1, 0.15) is 0 Å². The number of benzene rings is 2. The standard InChI is InChI=1S/C20H27NO.C2H2O4/c1-3-21(4-2)16-19(22)15-20(17-11-7-5-8-12-17)18-13-9-6-10-14-18;3-1(4)2(5)6/h5-14,19-20,22H,3-4,15-16H2,1-2H3;(H,3,4)(H,5,6). The van der Waals surface area contributed by atoms with Gasteiger partial charge in [-0.2, -0.15) is 0 Å². The molecule has 0 bridgehead atoms. The van der Waals surface area contributed by atoms with Crippen molar-refractivity contribution in [2.75, 3.05) is 19.6 Å². The first-order chi connectivity index (χ1) is 13.4. The SMILES string of the molecule is CCN(CC)CC(O)CC(c1ccccc1)c1ccccc1.O=C(O)C(=O)O. The first-order valence-electron chi connectivity index (χ1n) is 9.35. The van der Waals surface area contributed by atoms with Crippen LogP contribution in [0.25, 0.3) is 0 Å². The van der Waals surface area contributed by atoms with E-state index in [0.717, 1.165) is 26.1 Å². The van der Waals surface area contributed by atoms with Crippen molar-refractivity contribution in [3.05, 3.63) is 71.8 Å². The van der Waals surface area contributed by atoms with Crippen LogP contribution in [0.4, 0.5) is 0 Å². The van der Waals surface area contributed by atoms with Crippen LogP contribution in [-0.4, -0.2) is 57.9 Å². The zero-order valence-electron chi connectivity index (χ0n) is 16.4. The number of hydrogen-bond acceptors (Lipinski definition) is 4. The van der Waals surface area contributed by atoms with Gasteiger partial charge >= 0.3 is 11.9 Å². The van der Waals surface area contributed by atoms with Crippen molar-refractivity contribution in [3.63, 3.8) is 0 Å². The second-order valence-electron chi connectivity index (χ2n) is 6.36. The van der Waals surface area contributed by atoms with Gasteiger partial charge in [0, 0.05) is 12.5 Å². The van der Waals surface area contributed by atoms with Gasteiger partial charge in [-0.15, -0.1) is 0 Å². The minimum Gasteiger partial charge on any atom is -0.473 e. The van der Waals surface area contributed by atoms with E-state index in [1.54, 1.807) is 0 Å². The summed E-state index contributed by atoms with van der Waals surface area (Å²) in [6, 6.07) is 21.0. The fourth-order valence-electron chi connectivity index (χ4n) is 2.96. The molecule has 0 aliphatic carbocycles. The predicted molar refractivity (Wildman–Crippen MR) is 108 cm³/mol. The van der Waals surface area contributed by atoms with Crippen molar-refractivity contribution in [1.29, 1.82) is 0 Å². The highest BCUT2D eigenvalue weighted by Crippen LogP contribution is 2.29. The topological polar surface area (TPSA) is 98.1 Å². The Balaban J connectivity index is 0.000000568. The van der Waals surface area contributed by atoms with Crippen molar-refractivity contribution in [3.8, 4) is 0 Å². The lowest BCUT2D eigenvalue weighted by Crippen LogP contribution is -2.33. The van der Waals surface area contributed by atoms with Crippen LogP contribution in [0.5, 0.6) is 0 Å². The minimum absolute atomic E-state index is 0.243. The highest BCUT2D eigenvalue weighted by Gasteiger charge is 2.19. The second kappa shape index (κ2) is 12.6. The van der Waals surface area contributed by atoms with Crippen molar-refractivity contribution in [2.45, 2.75) is 32.3 Å². The molecule has 2 aromatic carbocycles. The zero-order valence-corrected chi connectivity index (χ0v) is 16.4. The Hall–Kier alpha value is -2.70. The molecule has 152 valence electrons. The Kier molecular flexibility index (Phi) is 10.5. The number of nitrogens with zero attached hydrogens (tertiary/aromatic N) is 1. The van der Waals surface area contributed by atoms with Crippen LogP contribution in [0.2, 0.25) is 0 Å². The molecule has 0 saturated heterocycles. The number of rotatable bonds is 8. The van der Waals surface area contributed by atoms with Crippen LogP contribution < -0.4 is 0 Å². The normalized spacial score (nSPS) is 11.6. The Bertz CT molecular complexity index is 650. The molecule has 0 saturated carbocycles. The Labute approximate surface area is 166 Å². The van der Waals surface area contributed by atoms with Gasteiger partial charge in [0.05, 0.1) is 6.10 Å². The third-order valence-electron chi connectivity index (χ3n) is 4.46. The molecule has 0 heterocycles. The summed E-state index contributed by atoms with van der Waals surface area (Å²) >= 11 is 0. The fraction of sp³-hybridized carbons (Fsp3) is 0.364. The molecule has 0 aliphatic rings. The quantitative estimate of drug-likeness (QED) is 0.602. The van der Waals surface area contributed by atoms with Crippen LogP contribution >= 0.6 is 0 Å². The van der Waals surface area contributed by atoms with Gasteiger partial charge in [0.2, 0.25) is 0 Å². The van der Waals surface area contributed by atoms with E-state index in [0.29, 0.717) is 0 Å². The number of hydrogen-bond donors (Lipinski definition) is 3. The summed E-state index contributed by atoms with van der Waals surface area (Å²) in [7, 11) is 0. The molecular weight excluding hydrogens is 358 g/mol. The fourth-order valence-corrected chi connectivity index (χ4v) is 2.96. The van der Waals surface area contributed by atoms with E-state index in [2.05, 4.69) is 67.3 Å². The van der Waals surface area contributed by atoms with Crippen molar-refractivity contribution in [2.24, 2.45) is 0 Å². The molecule has 6 nitrogen and oxygen atoms in total. The van der Waals surface area contributed by atoms with E-state index in [-0.39, 0.29) is 12.0 Å². The summed E-state index contributed by atoms with van der Waals surface area (Å²) in [5.41, 5.74) is 2.54. The summed E-state index contributed by atoms with van der Waals surface area (Å²) in [6.45, 7) is 6.98. The monoisotopic (exact) mass is 387 g/mol. The maximum absolute atomic E-state index is 10.5. The summed E-state index contributed by atoms with van der Waals surface area (Å²) < 4.78 is 0. The number of carbonyl (C=O) groups is 2. The van der Waals surface area contributed by atoms with Gasteiger partial charge in [-0.25, -0.2) is 9.59 Å². The lowest BCUT2D eigenvalue weighted by atomic mass is 9.86. The molecule has 1 atom stereocenters. The lowest BCUT2D eigenvalue weighted by molar-refractivity contribution is -0.159. The van der Waals surface area contributed by atoms with Gasteiger partial charge in [-0.1, -0.05) is 74.5 Å². The van der Waals surface area contributed by atoms with E-state index in [4.69, 9.17) is 19.8 Å². The molecule has 1 unspecified atom stereocenters. The third kappa shape index (κ3) is 8.33. The van der Waals surface area contributed by atoms with Gasteiger partial charge in [-0.3, -0.25) is 0 Å². The summed E-state index contributed by atoms with van der Waals surface area (Å²) in [4.78, 5) is 20.5.